The molecule has 0 unspecified atom stereocenters. The van der Waals surface area contributed by atoms with Crippen LogP contribution in [0.25, 0.3) is 0 Å². The third-order valence-electron chi connectivity index (χ3n) is 3.19. The van der Waals surface area contributed by atoms with Crippen LogP contribution in [0.15, 0.2) is 22.3 Å². The van der Waals surface area contributed by atoms with Gasteiger partial charge >= 0.3 is 0 Å². The van der Waals surface area contributed by atoms with Gasteiger partial charge in [-0.05, 0) is 49.7 Å². The normalized spacial score (nSPS) is 17.6. The zero-order chi connectivity index (χ0) is 10.9. The van der Waals surface area contributed by atoms with Crippen LogP contribution in [0.3, 0.4) is 0 Å². The van der Waals surface area contributed by atoms with Gasteiger partial charge in [-0.3, -0.25) is 0 Å². The van der Waals surface area contributed by atoms with E-state index in [1.54, 1.807) is 16.7 Å². The van der Waals surface area contributed by atoms with E-state index in [2.05, 4.69) is 41.5 Å². The molecule has 1 aliphatic carbocycles. The van der Waals surface area contributed by atoms with Crippen molar-refractivity contribution in [3.8, 4) is 0 Å². The van der Waals surface area contributed by atoms with Crippen LogP contribution in [0.5, 0.6) is 0 Å². The van der Waals surface area contributed by atoms with Crippen molar-refractivity contribution in [3.63, 3.8) is 0 Å². The second-order valence-corrected chi connectivity index (χ2v) is 5.23. The zero-order valence-corrected chi connectivity index (χ0v) is 10.6. The van der Waals surface area contributed by atoms with E-state index in [1.807, 2.05) is 0 Å². The van der Waals surface area contributed by atoms with Crippen LogP contribution in [-0.4, -0.2) is 0 Å². The molecular weight excluding hydrogens is 168 g/mol. The molecule has 0 fully saturated rings. The predicted octanol–water partition coefficient (Wildman–Crippen LogP) is 4.73. The predicted molar refractivity (Wildman–Crippen MR) is 64.3 cm³/mol. The lowest BCUT2D eigenvalue weighted by atomic mass is 9.90. The largest absolute Gasteiger partial charge is 0.0729 e. The SMILES string of the molecule is CC(C)=C1CCC(C(C)C)=C1C(C)C. The molecule has 0 saturated heterocycles. The first-order valence-electron chi connectivity index (χ1n) is 5.84. The molecule has 0 spiro atoms. The van der Waals surface area contributed by atoms with Crippen molar-refractivity contribution in [2.24, 2.45) is 11.8 Å². The highest BCUT2D eigenvalue weighted by atomic mass is 14.3. The summed E-state index contributed by atoms with van der Waals surface area (Å²) in [4.78, 5) is 0. The van der Waals surface area contributed by atoms with Crippen molar-refractivity contribution < 1.29 is 0 Å². The van der Waals surface area contributed by atoms with Gasteiger partial charge in [0.25, 0.3) is 0 Å². The molecule has 80 valence electrons. The molecule has 0 atom stereocenters. The van der Waals surface area contributed by atoms with Gasteiger partial charge in [0.05, 0.1) is 0 Å². The van der Waals surface area contributed by atoms with Crippen LogP contribution in [0.4, 0.5) is 0 Å². The highest BCUT2D eigenvalue weighted by molar-refractivity contribution is 5.44. The van der Waals surface area contributed by atoms with Crippen LogP contribution in [0.2, 0.25) is 0 Å². The molecule has 0 heterocycles. The zero-order valence-electron chi connectivity index (χ0n) is 10.6. The smallest absolute Gasteiger partial charge is 0.0216 e. The summed E-state index contributed by atoms with van der Waals surface area (Å²) in [5.41, 5.74) is 6.53. The molecule has 0 bridgehead atoms. The molecule has 0 nitrogen and oxygen atoms in total. The Bertz CT molecular complexity index is 270. The lowest BCUT2D eigenvalue weighted by molar-refractivity contribution is 0.698. The fourth-order valence-electron chi connectivity index (χ4n) is 2.56. The molecular formula is C14H24. The summed E-state index contributed by atoms with van der Waals surface area (Å²) in [6.07, 6.45) is 2.58. The minimum absolute atomic E-state index is 0.694. The minimum Gasteiger partial charge on any atom is -0.0729 e. The Morgan fingerprint density at radius 1 is 0.929 bits per heavy atom. The van der Waals surface area contributed by atoms with Crippen molar-refractivity contribution in [1.82, 2.24) is 0 Å². The van der Waals surface area contributed by atoms with Crippen molar-refractivity contribution in [2.45, 2.75) is 54.4 Å². The molecule has 0 aromatic rings. The van der Waals surface area contributed by atoms with Gasteiger partial charge in [0.1, 0.15) is 0 Å². The summed E-state index contributed by atoms with van der Waals surface area (Å²) in [6.45, 7) is 13.8. The number of allylic oxidation sites excluding steroid dienone is 4. The highest BCUT2D eigenvalue weighted by Crippen LogP contribution is 2.40. The average molecular weight is 192 g/mol. The molecule has 1 aliphatic rings. The molecule has 0 aromatic carbocycles. The van der Waals surface area contributed by atoms with E-state index in [1.165, 1.54) is 18.4 Å². The summed E-state index contributed by atoms with van der Waals surface area (Å²) >= 11 is 0. The van der Waals surface area contributed by atoms with Gasteiger partial charge in [0.15, 0.2) is 0 Å². The van der Waals surface area contributed by atoms with E-state index < -0.39 is 0 Å². The van der Waals surface area contributed by atoms with Gasteiger partial charge in [-0.2, -0.15) is 0 Å². The van der Waals surface area contributed by atoms with E-state index >= 15 is 0 Å². The van der Waals surface area contributed by atoms with E-state index in [9.17, 15) is 0 Å². The Hall–Kier alpha value is -0.520. The van der Waals surface area contributed by atoms with Gasteiger partial charge in [-0.15, -0.1) is 0 Å². The van der Waals surface area contributed by atoms with Gasteiger partial charge in [-0.25, -0.2) is 0 Å². The lowest BCUT2D eigenvalue weighted by Gasteiger charge is -2.16. The van der Waals surface area contributed by atoms with Crippen molar-refractivity contribution in [1.29, 1.82) is 0 Å². The Balaban J connectivity index is 3.16. The fraction of sp³-hybridized carbons (Fsp3) is 0.714. The third kappa shape index (κ3) is 2.10. The molecule has 0 N–H and O–H groups in total. The lowest BCUT2D eigenvalue weighted by Crippen LogP contribution is -2.01. The summed E-state index contributed by atoms with van der Waals surface area (Å²) in [5, 5.41) is 0. The van der Waals surface area contributed by atoms with Gasteiger partial charge in [0, 0.05) is 0 Å². The Labute approximate surface area is 89.1 Å². The van der Waals surface area contributed by atoms with Gasteiger partial charge in [-0.1, -0.05) is 38.8 Å². The van der Waals surface area contributed by atoms with Crippen LogP contribution >= 0.6 is 0 Å². The average Bonchev–Trinajstić information content (AvgIpc) is 2.46. The summed E-state index contributed by atoms with van der Waals surface area (Å²) < 4.78 is 0. The monoisotopic (exact) mass is 192 g/mol. The van der Waals surface area contributed by atoms with Gasteiger partial charge in [0.2, 0.25) is 0 Å². The number of hydrogen-bond acceptors (Lipinski definition) is 0. The maximum absolute atomic E-state index is 2.33. The number of hydrogen-bond donors (Lipinski definition) is 0. The maximum atomic E-state index is 2.33. The molecule has 0 aromatic heterocycles. The van der Waals surface area contributed by atoms with Crippen molar-refractivity contribution in [2.75, 3.05) is 0 Å². The van der Waals surface area contributed by atoms with Crippen LogP contribution in [-0.2, 0) is 0 Å². The summed E-state index contributed by atoms with van der Waals surface area (Å²) in [5.74, 6) is 1.42. The fourth-order valence-corrected chi connectivity index (χ4v) is 2.56. The van der Waals surface area contributed by atoms with Crippen molar-refractivity contribution >= 4 is 0 Å². The first-order chi connectivity index (χ1) is 6.45. The second-order valence-electron chi connectivity index (χ2n) is 5.23. The highest BCUT2D eigenvalue weighted by Gasteiger charge is 2.24. The molecule has 0 saturated carbocycles. The second kappa shape index (κ2) is 4.33. The molecule has 14 heavy (non-hydrogen) atoms. The molecule has 0 aliphatic heterocycles. The van der Waals surface area contributed by atoms with Crippen molar-refractivity contribution in [3.05, 3.63) is 22.3 Å². The summed E-state index contributed by atoms with van der Waals surface area (Å²) in [7, 11) is 0. The third-order valence-corrected chi connectivity index (χ3v) is 3.19. The quantitative estimate of drug-likeness (QED) is 0.593. The van der Waals surface area contributed by atoms with E-state index in [0.29, 0.717) is 5.92 Å². The summed E-state index contributed by atoms with van der Waals surface area (Å²) in [6, 6.07) is 0. The Kier molecular flexibility index (Phi) is 3.58. The molecule has 1 rings (SSSR count). The molecule has 0 radical (unpaired) electrons. The van der Waals surface area contributed by atoms with E-state index in [-0.39, 0.29) is 0 Å². The standard InChI is InChI=1S/C14H24/c1-9(2)12-7-8-13(10(3)4)14(12)11(5)6/h9,11H,7-8H2,1-6H3. The van der Waals surface area contributed by atoms with Gasteiger partial charge < -0.3 is 0 Å². The van der Waals surface area contributed by atoms with Crippen LogP contribution < -0.4 is 0 Å². The minimum atomic E-state index is 0.694. The van der Waals surface area contributed by atoms with E-state index in [4.69, 9.17) is 0 Å². The first kappa shape index (κ1) is 11.6. The van der Waals surface area contributed by atoms with E-state index in [0.717, 1.165) is 5.92 Å². The maximum Gasteiger partial charge on any atom is -0.0216 e. The topological polar surface area (TPSA) is 0 Å². The van der Waals surface area contributed by atoms with Crippen LogP contribution in [0.1, 0.15) is 54.4 Å². The molecule has 0 amide bonds. The molecule has 0 heteroatoms. The van der Waals surface area contributed by atoms with Crippen LogP contribution in [0, 0.1) is 11.8 Å². The Morgan fingerprint density at radius 2 is 1.50 bits per heavy atom. The Morgan fingerprint density at radius 3 is 1.86 bits per heavy atom. The number of rotatable bonds is 2. The first-order valence-corrected chi connectivity index (χ1v) is 5.84.